The quantitative estimate of drug-likeness (QED) is 0.864. The van der Waals surface area contributed by atoms with Gasteiger partial charge in [0.2, 0.25) is 5.95 Å². The highest BCUT2D eigenvalue weighted by Gasteiger charge is 2.31. The van der Waals surface area contributed by atoms with Crippen molar-refractivity contribution in [2.24, 2.45) is 5.92 Å². The molecule has 0 fully saturated rings. The summed E-state index contributed by atoms with van der Waals surface area (Å²) in [5.74, 6) is 0.849. The van der Waals surface area contributed by atoms with E-state index in [1.54, 1.807) is 12.4 Å². The molecule has 1 heterocycles. The van der Waals surface area contributed by atoms with Gasteiger partial charge in [-0.3, -0.25) is 0 Å². The molecule has 0 aliphatic rings. The van der Waals surface area contributed by atoms with Crippen molar-refractivity contribution in [3.8, 4) is 0 Å². The maximum atomic E-state index is 12.7. The number of alkyl halides is 3. The molecule has 0 aliphatic heterocycles. The number of nitrogens with zero attached hydrogens (tertiary/aromatic N) is 2. The molecule has 1 aromatic carbocycles. The Balaban J connectivity index is 2.29. The van der Waals surface area contributed by atoms with Crippen LogP contribution in [0.3, 0.4) is 0 Å². The minimum absolute atomic E-state index is 0.183. The molecule has 2 aromatic rings. The summed E-state index contributed by atoms with van der Waals surface area (Å²) in [5, 5.41) is 3.07. The second kappa shape index (κ2) is 5.97. The molecule has 0 amide bonds. The van der Waals surface area contributed by atoms with E-state index in [2.05, 4.69) is 10.3 Å². The van der Waals surface area contributed by atoms with Crippen LogP contribution in [0.1, 0.15) is 19.4 Å². The lowest BCUT2D eigenvalue weighted by Crippen LogP contribution is -2.09. The Bertz CT molecular complexity index is 620. The highest BCUT2D eigenvalue weighted by atomic mass is 35.5. The van der Waals surface area contributed by atoms with Gasteiger partial charge in [0, 0.05) is 18.9 Å². The Morgan fingerprint density at radius 2 is 2.05 bits per heavy atom. The average molecular weight is 318 g/mol. The summed E-state index contributed by atoms with van der Waals surface area (Å²) in [5.41, 5.74) is -0.570. The zero-order chi connectivity index (χ0) is 15.6. The van der Waals surface area contributed by atoms with Crippen LogP contribution < -0.4 is 5.32 Å². The molecular weight excluding hydrogens is 303 g/mol. The van der Waals surface area contributed by atoms with E-state index in [1.807, 2.05) is 18.4 Å². The third-order valence-electron chi connectivity index (χ3n) is 2.82. The number of hydrogen-bond acceptors (Lipinski definition) is 2. The van der Waals surface area contributed by atoms with Gasteiger partial charge in [0.25, 0.3) is 0 Å². The second-order valence-electron chi connectivity index (χ2n) is 5.11. The van der Waals surface area contributed by atoms with Crippen molar-refractivity contribution in [1.82, 2.24) is 9.55 Å². The maximum Gasteiger partial charge on any atom is 0.416 e. The van der Waals surface area contributed by atoms with Gasteiger partial charge < -0.3 is 9.88 Å². The fourth-order valence-electron chi connectivity index (χ4n) is 1.89. The van der Waals surface area contributed by atoms with Crippen LogP contribution in [-0.4, -0.2) is 9.55 Å². The number of nitrogens with one attached hydrogen (secondary N) is 1. The smallest absolute Gasteiger partial charge is 0.324 e. The first-order valence-electron chi connectivity index (χ1n) is 6.42. The summed E-state index contributed by atoms with van der Waals surface area (Å²) >= 11 is 5.95. The summed E-state index contributed by atoms with van der Waals surface area (Å²) in [6, 6.07) is 3.16. The van der Waals surface area contributed by atoms with Crippen molar-refractivity contribution in [1.29, 1.82) is 0 Å². The largest absolute Gasteiger partial charge is 0.416 e. The fourth-order valence-corrected chi connectivity index (χ4v) is 2.06. The first-order valence-corrected chi connectivity index (χ1v) is 6.80. The number of halogens is 4. The number of anilines is 2. The van der Waals surface area contributed by atoms with Gasteiger partial charge in [-0.25, -0.2) is 4.98 Å². The zero-order valence-corrected chi connectivity index (χ0v) is 12.3. The standard InChI is InChI=1S/C14H15ClF3N3/c1-9(2)8-21-6-5-19-13(21)20-12-7-10(14(16,17)18)3-4-11(12)15/h3-7,9H,8H2,1-2H3,(H,19,20). The predicted octanol–water partition coefficient (Wildman–Crippen LogP) is 4.95. The van der Waals surface area contributed by atoms with Crippen molar-refractivity contribution >= 4 is 23.2 Å². The topological polar surface area (TPSA) is 29.9 Å². The molecule has 0 saturated carbocycles. The minimum atomic E-state index is -4.41. The lowest BCUT2D eigenvalue weighted by atomic mass is 10.2. The van der Waals surface area contributed by atoms with Crippen LogP contribution in [0.4, 0.5) is 24.8 Å². The summed E-state index contributed by atoms with van der Waals surface area (Å²) in [7, 11) is 0. The molecule has 1 aromatic heterocycles. The van der Waals surface area contributed by atoms with E-state index in [1.165, 1.54) is 6.07 Å². The number of aromatic nitrogens is 2. The lowest BCUT2D eigenvalue weighted by molar-refractivity contribution is -0.137. The Morgan fingerprint density at radius 3 is 2.67 bits per heavy atom. The highest BCUT2D eigenvalue weighted by molar-refractivity contribution is 6.33. The van der Waals surface area contributed by atoms with E-state index >= 15 is 0 Å². The second-order valence-corrected chi connectivity index (χ2v) is 5.52. The van der Waals surface area contributed by atoms with Crippen LogP contribution in [-0.2, 0) is 12.7 Å². The average Bonchev–Trinajstić information content (AvgIpc) is 2.77. The summed E-state index contributed by atoms with van der Waals surface area (Å²) < 4.78 is 40.0. The van der Waals surface area contributed by atoms with Gasteiger partial charge in [0.05, 0.1) is 16.3 Å². The maximum absolute atomic E-state index is 12.7. The van der Waals surface area contributed by atoms with Crippen LogP contribution in [0, 0.1) is 5.92 Å². The summed E-state index contributed by atoms with van der Waals surface area (Å²) in [6.07, 6.45) is -1.05. The monoisotopic (exact) mass is 317 g/mol. The van der Waals surface area contributed by atoms with Crippen LogP contribution in [0.15, 0.2) is 30.6 Å². The van der Waals surface area contributed by atoms with Gasteiger partial charge in [0.1, 0.15) is 0 Å². The normalized spacial score (nSPS) is 12.0. The van der Waals surface area contributed by atoms with E-state index in [4.69, 9.17) is 11.6 Å². The minimum Gasteiger partial charge on any atom is -0.324 e. The molecule has 2 rings (SSSR count). The molecular formula is C14H15ClF3N3. The first kappa shape index (κ1) is 15.7. The molecule has 1 N–H and O–H groups in total. The first-order chi connectivity index (χ1) is 9.77. The molecule has 0 radical (unpaired) electrons. The Kier molecular flexibility index (Phi) is 4.46. The molecule has 0 atom stereocenters. The van der Waals surface area contributed by atoms with E-state index < -0.39 is 11.7 Å². The van der Waals surface area contributed by atoms with Crippen molar-refractivity contribution in [3.05, 3.63) is 41.2 Å². The van der Waals surface area contributed by atoms with Gasteiger partial charge in [0.15, 0.2) is 0 Å². The molecule has 7 heteroatoms. The van der Waals surface area contributed by atoms with E-state index in [0.717, 1.165) is 12.1 Å². The molecule has 0 spiro atoms. The van der Waals surface area contributed by atoms with Crippen molar-refractivity contribution in [3.63, 3.8) is 0 Å². The highest BCUT2D eigenvalue weighted by Crippen LogP contribution is 2.34. The molecule has 0 aliphatic carbocycles. The third-order valence-corrected chi connectivity index (χ3v) is 3.15. The van der Waals surface area contributed by atoms with Gasteiger partial charge >= 0.3 is 6.18 Å². The number of imidazole rings is 1. The molecule has 3 nitrogen and oxygen atoms in total. The van der Waals surface area contributed by atoms with Crippen LogP contribution in [0.5, 0.6) is 0 Å². The van der Waals surface area contributed by atoms with Gasteiger partial charge in [-0.05, 0) is 24.1 Å². The molecule has 0 unspecified atom stereocenters. The lowest BCUT2D eigenvalue weighted by Gasteiger charge is -2.14. The third kappa shape index (κ3) is 3.91. The van der Waals surface area contributed by atoms with E-state index in [9.17, 15) is 13.2 Å². The molecule has 114 valence electrons. The Labute approximate surface area is 125 Å². The van der Waals surface area contributed by atoms with Crippen molar-refractivity contribution in [2.75, 3.05) is 5.32 Å². The van der Waals surface area contributed by atoms with Crippen LogP contribution in [0.2, 0.25) is 5.02 Å². The fraction of sp³-hybridized carbons (Fsp3) is 0.357. The van der Waals surface area contributed by atoms with Crippen molar-refractivity contribution < 1.29 is 13.2 Å². The van der Waals surface area contributed by atoms with Crippen molar-refractivity contribution in [2.45, 2.75) is 26.6 Å². The Hall–Kier alpha value is -1.69. The number of rotatable bonds is 4. The summed E-state index contributed by atoms with van der Waals surface area (Å²) in [6.45, 7) is 4.79. The molecule has 21 heavy (non-hydrogen) atoms. The Morgan fingerprint density at radius 1 is 1.33 bits per heavy atom. The number of benzene rings is 1. The van der Waals surface area contributed by atoms with E-state index in [-0.39, 0.29) is 10.7 Å². The predicted molar refractivity (Wildman–Crippen MR) is 76.8 cm³/mol. The van der Waals surface area contributed by atoms with Crippen LogP contribution >= 0.6 is 11.6 Å². The van der Waals surface area contributed by atoms with Gasteiger partial charge in [-0.2, -0.15) is 13.2 Å². The van der Waals surface area contributed by atoms with Gasteiger partial charge in [-0.15, -0.1) is 0 Å². The summed E-state index contributed by atoms with van der Waals surface area (Å²) in [4.78, 5) is 4.11. The SMILES string of the molecule is CC(C)Cn1ccnc1Nc1cc(C(F)(F)F)ccc1Cl. The molecule has 0 saturated heterocycles. The van der Waals surface area contributed by atoms with Crippen LogP contribution in [0.25, 0.3) is 0 Å². The van der Waals surface area contributed by atoms with E-state index in [0.29, 0.717) is 18.4 Å². The molecule has 0 bridgehead atoms. The number of hydrogen-bond donors (Lipinski definition) is 1. The zero-order valence-electron chi connectivity index (χ0n) is 11.6. The van der Waals surface area contributed by atoms with Gasteiger partial charge in [-0.1, -0.05) is 25.4 Å².